The molecule has 3 heterocycles. The quantitative estimate of drug-likeness (QED) is 0.345. The van der Waals surface area contributed by atoms with Crippen molar-refractivity contribution < 1.29 is 14.3 Å². The van der Waals surface area contributed by atoms with Crippen molar-refractivity contribution in [2.24, 2.45) is 0 Å². The maximum atomic E-state index is 12.8. The van der Waals surface area contributed by atoms with Crippen LogP contribution in [-0.2, 0) is 4.74 Å². The highest BCUT2D eigenvalue weighted by Crippen LogP contribution is 2.25. The minimum atomic E-state index is -0.537. The molecule has 4 rings (SSSR count). The van der Waals surface area contributed by atoms with Crippen molar-refractivity contribution in [1.82, 2.24) is 14.5 Å². The third-order valence-corrected chi connectivity index (χ3v) is 5.97. The number of aromatic nitrogens is 3. The Morgan fingerprint density at radius 2 is 1.90 bits per heavy atom. The van der Waals surface area contributed by atoms with Gasteiger partial charge in [-0.1, -0.05) is 18.2 Å². The van der Waals surface area contributed by atoms with Gasteiger partial charge in [-0.2, -0.15) is 0 Å². The van der Waals surface area contributed by atoms with Crippen LogP contribution in [0.25, 0.3) is 16.0 Å². The molecule has 0 unspecified atom stereocenters. The van der Waals surface area contributed by atoms with E-state index in [2.05, 4.69) is 9.97 Å². The zero-order chi connectivity index (χ0) is 21.4. The van der Waals surface area contributed by atoms with E-state index in [1.54, 1.807) is 19.2 Å². The van der Waals surface area contributed by atoms with Gasteiger partial charge in [0.05, 0.1) is 16.8 Å². The monoisotopic (exact) mass is 419 g/mol. The van der Waals surface area contributed by atoms with E-state index in [1.165, 1.54) is 11.3 Å². The second kappa shape index (κ2) is 7.84. The lowest BCUT2D eigenvalue weighted by Crippen LogP contribution is -2.17. The fourth-order valence-electron chi connectivity index (χ4n) is 3.78. The maximum absolute atomic E-state index is 12.8. The summed E-state index contributed by atoms with van der Waals surface area (Å²) in [5, 5.41) is 3.59. The standard InChI is InChI=1S/C23H21N3O3S/c1-13-11-18(16(4)26(13)23-24-9-10-30-23)20(27)12-29-22(28)21-14(2)17-7-5-6-8-19(17)25-15(21)3/h5-11H,12H2,1-4H3. The molecule has 0 aliphatic carbocycles. The average molecular weight is 420 g/mol. The molecule has 152 valence electrons. The number of esters is 1. The molecule has 0 bridgehead atoms. The van der Waals surface area contributed by atoms with Crippen LogP contribution < -0.4 is 0 Å². The first-order valence-corrected chi connectivity index (χ1v) is 10.4. The highest BCUT2D eigenvalue weighted by molar-refractivity contribution is 7.12. The van der Waals surface area contributed by atoms with Crippen molar-refractivity contribution >= 4 is 34.0 Å². The number of benzene rings is 1. The first kappa shape index (κ1) is 20.0. The molecule has 0 amide bonds. The second-order valence-corrected chi connectivity index (χ2v) is 8.02. The molecule has 1 aromatic carbocycles. The van der Waals surface area contributed by atoms with Crippen LogP contribution in [0.3, 0.4) is 0 Å². The van der Waals surface area contributed by atoms with Crippen LogP contribution in [0, 0.1) is 27.7 Å². The number of rotatable bonds is 5. The molecule has 0 atom stereocenters. The summed E-state index contributed by atoms with van der Waals surface area (Å²) in [6.07, 6.45) is 1.73. The van der Waals surface area contributed by atoms with Crippen LogP contribution in [0.4, 0.5) is 0 Å². The molecule has 0 saturated carbocycles. The molecule has 30 heavy (non-hydrogen) atoms. The van der Waals surface area contributed by atoms with E-state index in [1.807, 2.05) is 55.0 Å². The molecular weight excluding hydrogens is 398 g/mol. The van der Waals surface area contributed by atoms with Crippen molar-refractivity contribution in [2.45, 2.75) is 27.7 Å². The minimum absolute atomic E-state index is 0.247. The van der Waals surface area contributed by atoms with Crippen LogP contribution in [0.1, 0.15) is 43.4 Å². The number of hydrogen-bond donors (Lipinski definition) is 0. The number of Topliss-reactive ketones (excluding diaryl/α,β-unsaturated/α-hetero) is 1. The van der Waals surface area contributed by atoms with E-state index in [0.29, 0.717) is 16.8 Å². The number of ether oxygens (including phenoxy) is 1. The van der Waals surface area contributed by atoms with Gasteiger partial charge in [-0.05, 0) is 45.4 Å². The second-order valence-electron chi connectivity index (χ2n) is 7.15. The molecule has 0 aliphatic rings. The number of ketones is 1. The molecule has 6 nitrogen and oxygen atoms in total. The summed E-state index contributed by atoms with van der Waals surface area (Å²) in [4.78, 5) is 34.4. The topological polar surface area (TPSA) is 74.1 Å². The summed E-state index contributed by atoms with van der Waals surface area (Å²) < 4.78 is 7.33. The molecule has 0 saturated heterocycles. The molecule has 0 aliphatic heterocycles. The van der Waals surface area contributed by atoms with Crippen molar-refractivity contribution in [1.29, 1.82) is 0 Å². The van der Waals surface area contributed by atoms with E-state index in [0.717, 1.165) is 33.0 Å². The van der Waals surface area contributed by atoms with Gasteiger partial charge in [0.2, 0.25) is 5.78 Å². The summed E-state index contributed by atoms with van der Waals surface area (Å²) in [5.41, 5.74) is 4.85. The first-order valence-electron chi connectivity index (χ1n) is 9.53. The van der Waals surface area contributed by atoms with Crippen molar-refractivity contribution in [3.8, 4) is 5.13 Å². The molecule has 0 fully saturated rings. The molecule has 0 spiro atoms. The molecule has 4 aromatic rings. The summed E-state index contributed by atoms with van der Waals surface area (Å²) in [6, 6.07) is 9.45. The van der Waals surface area contributed by atoms with Gasteiger partial charge in [0.15, 0.2) is 11.7 Å². The largest absolute Gasteiger partial charge is 0.454 e. The van der Waals surface area contributed by atoms with Gasteiger partial charge in [0, 0.05) is 33.9 Å². The lowest BCUT2D eigenvalue weighted by Gasteiger charge is -2.12. The van der Waals surface area contributed by atoms with Crippen molar-refractivity contribution in [3.05, 3.63) is 75.7 Å². The van der Waals surface area contributed by atoms with Crippen molar-refractivity contribution in [2.75, 3.05) is 6.61 Å². The van der Waals surface area contributed by atoms with E-state index in [4.69, 9.17) is 4.74 Å². The number of nitrogens with zero attached hydrogens (tertiary/aromatic N) is 3. The summed E-state index contributed by atoms with van der Waals surface area (Å²) in [5.74, 6) is -0.784. The SMILES string of the molecule is Cc1nc2ccccc2c(C)c1C(=O)OCC(=O)c1cc(C)n(-c2nccs2)c1C. The van der Waals surface area contributed by atoms with Gasteiger partial charge in [0.1, 0.15) is 0 Å². The Kier molecular flexibility index (Phi) is 5.22. The molecule has 7 heteroatoms. The highest BCUT2D eigenvalue weighted by Gasteiger charge is 2.22. The fraction of sp³-hybridized carbons (Fsp3) is 0.217. The van der Waals surface area contributed by atoms with Gasteiger partial charge in [0.25, 0.3) is 0 Å². The number of hydrogen-bond acceptors (Lipinski definition) is 6. The van der Waals surface area contributed by atoms with Gasteiger partial charge in [-0.3, -0.25) is 14.3 Å². The first-order chi connectivity index (χ1) is 14.4. The van der Waals surface area contributed by atoms with Gasteiger partial charge >= 0.3 is 5.97 Å². The Bertz CT molecular complexity index is 1270. The van der Waals surface area contributed by atoms with Gasteiger partial charge in [-0.25, -0.2) is 9.78 Å². The predicted molar refractivity (Wildman–Crippen MR) is 117 cm³/mol. The number of aryl methyl sites for hydroxylation is 3. The molecule has 3 aromatic heterocycles. The number of carbonyl (C=O) groups is 2. The Morgan fingerprint density at radius 3 is 2.63 bits per heavy atom. The smallest absolute Gasteiger partial charge is 0.340 e. The molecule has 0 N–H and O–H groups in total. The minimum Gasteiger partial charge on any atom is -0.454 e. The molecule has 0 radical (unpaired) electrons. The fourth-order valence-corrected chi connectivity index (χ4v) is 4.53. The third kappa shape index (κ3) is 3.41. The number of para-hydroxylation sites is 1. The average Bonchev–Trinajstić information content (AvgIpc) is 3.33. The Morgan fingerprint density at radius 1 is 1.13 bits per heavy atom. The maximum Gasteiger partial charge on any atom is 0.340 e. The highest BCUT2D eigenvalue weighted by atomic mass is 32.1. The van der Waals surface area contributed by atoms with Gasteiger partial charge in [-0.15, -0.1) is 11.3 Å². The van der Waals surface area contributed by atoms with Crippen molar-refractivity contribution in [3.63, 3.8) is 0 Å². The zero-order valence-electron chi connectivity index (χ0n) is 17.2. The van der Waals surface area contributed by atoms with Crippen LogP contribution in [0.2, 0.25) is 0 Å². The lowest BCUT2D eigenvalue weighted by molar-refractivity contribution is 0.0472. The van der Waals surface area contributed by atoms with E-state index in [-0.39, 0.29) is 12.4 Å². The van der Waals surface area contributed by atoms with E-state index in [9.17, 15) is 9.59 Å². The third-order valence-electron chi connectivity index (χ3n) is 5.21. The Balaban J connectivity index is 1.56. The zero-order valence-corrected chi connectivity index (χ0v) is 18.0. The van der Waals surface area contributed by atoms with Crippen LogP contribution >= 0.6 is 11.3 Å². The van der Waals surface area contributed by atoms with Crippen LogP contribution in [0.5, 0.6) is 0 Å². The lowest BCUT2D eigenvalue weighted by atomic mass is 10.0. The van der Waals surface area contributed by atoms with E-state index < -0.39 is 5.97 Å². The van der Waals surface area contributed by atoms with Crippen LogP contribution in [-0.4, -0.2) is 32.9 Å². The summed E-state index contributed by atoms with van der Waals surface area (Å²) in [7, 11) is 0. The summed E-state index contributed by atoms with van der Waals surface area (Å²) >= 11 is 1.50. The van der Waals surface area contributed by atoms with Gasteiger partial charge < -0.3 is 4.74 Å². The number of pyridine rings is 1. The normalized spacial score (nSPS) is 11.1. The number of thiazole rings is 1. The van der Waals surface area contributed by atoms with Crippen LogP contribution in [0.15, 0.2) is 41.9 Å². The number of fused-ring (bicyclic) bond motifs is 1. The molecular formula is C23H21N3O3S. The van der Waals surface area contributed by atoms with E-state index >= 15 is 0 Å². The predicted octanol–water partition coefficient (Wildman–Crippen LogP) is 4.76. The Labute approximate surface area is 178 Å². The number of carbonyl (C=O) groups excluding carboxylic acids is 2. The summed E-state index contributed by atoms with van der Waals surface area (Å²) in [6.45, 7) is 7.11. The Hall–Kier alpha value is -3.32.